The van der Waals surface area contributed by atoms with Crippen LogP contribution in [0.2, 0.25) is 5.02 Å². The fourth-order valence-corrected chi connectivity index (χ4v) is 2.53. The first-order valence-electron chi connectivity index (χ1n) is 7.16. The Hall–Kier alpha value is -2.43. The highest BCUT2D eigenvalue weighted by Crippen LogP contribution is 2.42. The van der Waals surface area contributed by atoms with Gasteiger partial charge < -0.3 is 9.64 Å². The number of carbonyl (C=O) groups is 1. The van der Waals surface area contributed by atoms with Crippen molar-refractivity contribution in [2.24, 2.45) is 7.05 Å². The zero-order valence-electron chi connectivity index (χ0n) is 14.0. The van der Waals surface area contributed by atoms with E-state index in [9.17, 15) is 31.1 Å². The zero-order valence-corrected chi connectivity index (χ0v) is 14.8. The maximum atomic E-state index is 13.1. The van der Waals surface area contributed by atoms with E-state index in [0.29, 0.717) is 10.7 Å². The summed E-state index contributed by atoms with van der Waals surface area (Å²) in [5.41, 5.74) is -2.92. The van der Waals surface area contributed by atoms with Gasteiger partial charge in [-0.2, -0.15) is 26.3 Å². The minimum absolute atomic E-state index is 0.278. The number of anilines is 1. The van der Waals surface area contributed by atoms with Gasteiger partial charge in [-0.05, 0) is 12.1 Å². The molecule has 0 spiro atoms. The molecule has 0 N–H and O–H groups in total. The molecule has 2 rings (SSSR count). The lowest BCUT2D eigenvalue weighted by Crippen LogP contribution is -2.26. The number of hydrogen-bond donors (Lipinski definition) is 0. The maximum Gasteiger partial charge on any atom is 0.434 e. The summed E-state index contributed by atoms with van der Waals surface area (Å²) in [6, 6.07) is 2.40. The average molecular weight is 416 g/mol. The van der Waals surface area contributed by atoms with Crippen molar-refractivity contribution in [2.75, 3.05) is 11.9 Å². The molecule has 148 valence electrons. The van der Waals surface area contributed by atoms with Crippen LogP contribution in [0.1, 0.15) is 18.2 Å². The minimum Gasteiger partial charge on any atom is -0.436 e. The largest absolute Gasteiger partial charge is 0.436 e. The molecule has 1 heterocycles. The fraction of sp³-hybridized carbons (Fsp3) is 0.333. The molecule has 0 radical (unpaired) electrons. The van der Waals surface area contributed by atoms with Gasteiger partial charge in [0.05, 0.1) is 11.3 Å². The Labute approximate surface area is 154 Å². The number of aryl methyl sites for hydroxylation is 1. The Kier molecular flexibility index (Phi) is 5.37. The van der Waals surface area contributed by atoms with E-state index in [1.165, 1.54) is 0 Å². The van der Waals surface area contributed by atoms with Crippen LogP contribution in [0.4, 0.5) is 32.0 Å². The van der Waals surface area contributed by atoms with Crippen molar-refractivity contribution in [3.63, 3.8) is 0 Å². The SMILES string of the molecule is CC(=O)N(C)c1cc(Oc2nn(C)c(C(F)(F)F)c2Cl)ccc1C(F)(F)F. The molecule has 1 amide bonds. The molecular weight excluding hydrogens is 404 g/mol. The summed E-state index contributed by atoms with van der Waals surface area (Å²) >= 11 is 5.65. The summed E-state index contributed by atoms with van der Waals surface area (Å²) in [5, 5.41) is 2.65. The van der Waals surface area contributed by atoms with Crippen LogP contribution in [-0.2, 0) is 24.2 Å². The molecule has 0 atom stereocenters. The summed E-state index contributed by atoms with van der Waals surface area (Å²) in [6.07, 6.45) is -9.57. The molecule has 0 aliphatic rings. The smallest absolute Gasteiger partial charge is 0.434 e. The highest BCUT2D eigenvalue weighted by atomic mass is 35.5. The lowest BCUT2D eigenvalue weighted by atomic mass is 10.1. The molecule has 0 aliphatic heterocycles. The fourth-order valence-electron chi connectivity index (χ4n) is 2.22. The predicted molar refractivity (Wildman–Crippen MR) is 83.8 cm³/mol. The van der Waals surface area contributed by atoms with Crippen LogP contribution in [0.5, 0.6) is 11.6 Å². The van der Waals surface area contributed by atoms with Gasteiger partial charge in [0, 0.05) is 27.1 Å². The number of nitrogens with zero attached hydrogens (tertiary/aromatic N) is 3. The van der Waals surface area contributed by atoms with Gasteiger partial charge in [0.1, 0.15) is 10.8 Å². The number of amides is 1. The third-order valence-corrected chi connectivity index (χ3v) is 3.89. The van der Waals surface area contributed by atoms with Gasteiger partial charge in [0.25, 0.3) is 5.88 Å². The van der Waals surface area contributed by atoms with Gasteiger partial charge >= 0.3 is 12.4 Å². The first kappa shape index (κ1) is 20.9. The molecule has 0 saturated heterocycles. The molecule has 0 unspecified atom stereocenters. The van der Waals surface area contributed by atoms with Crippen LogP contribution < -0.4 is 9.64 Å². The minimum atomic E-state index is -4.80. The van der Waals surface area contributed by atoms with Crippen LogP contribution in [0.3, 0.4) is 0 Å². The van der Waals surface area contributed by atoms with Crippen molar-refractivity contribution in [3.8, 4) is 11.6 Å². The number of rotatable bonds is 3. The van der Waals surface area contributed by atoms with E-state index in [1.807, 2.05) is 0 Å². The standard InChI is InChI=1S/C15H12ClF6N3O2/c1-7(26)24(2)10-6-8(4-5-9(10)14(17,18)19)27-13-11(16)12(15(20,21)22)25(3)23-13/h4-6H,1-3H3. The average Bonchev–Trinajstić information content (AvgIpc) is 2.79. The number of hydrogen-bond acceptors (Lipinski definition) is 3. The quantitative estimate of drug-likeness (QED) is 0.671. The molecule has 0 fully saturated rings. The first-order chi connectivity index (χ1) is 12.2. The van der Waals surface area contributed by atoms with E-state index in [0.717, 1.165) is 38.1 Å². The third kappa shape index (κ3) is 4.29. The number of halogens is 7. The van der Waals surface area contributed by atoms with E-state index < -0.39 is 46.1 Å². The Morgan fingerprint density at radius 1 is 1.19 bits per heavy atom. The topological polar surface area (TPSA) is 47.4 Å². The summed E-state index contributed by atoms with van der Waals surface area (Å²) in [5.74, 6) is -1.60. The van der Waals surface area contributed by atoms with Gasteiger partial charge in [-0.15, -0.1) is 5.10 Å². The van der Waals surface area contributed by atoms with Crippen LogP contribution in [0, 0.1) is 0 Å². The second-order valence-corrected chi connectivity index (χ2v) is 5.82. The predicted octanol–water partition coefficient (Wildman–Crippen LogP) is 4.89. The van der Waals surface area contributed by atoms with E-state index in [2.05, 4.69) is 5.10 Å². The van der Waals surface area contributed by atoms with Gasteiger partial charge in [-0.25, -0.2) is 0 Å². The van der Waals surface area contributed by atoms with E-state index in [4.69, 9.17) is 16.3 Å². The lowest BCUT2D eigenvalue weighted by Gasteiger charge is -2.21. The van der Waals surface area contributed by atoms with Crippen LogP contribution in [-0.4, -0.2) is 22.7 Å². The lowest BCUT2D eigenvalue weighted by molar-refractivity contribution is -0.143. The molecule has 0 bridgehead atoms. The normalized spacial score (nSPS) is 12.2. The van der Waals surface area contributed by atoms with E-state index in [-0.39, 0.29) is 5.75 Å². The van der Waals surface area contributed by atoms with Crippen LogP contribution >= 0.6 is 11.6 Å². The van der Waals surface area contributed by atoms with E-state index in [1.54, 1.807) is 0 Å². The number of benzene rings is 1. The zero-order chi connectivity index (χ0) is 20.7. The number of aromatic nitrogens is 2. The number of ether oxygens (including phenoxy) is 1. The first-order valence-corrected chi connectivity index (χ1v) is 7.54. The molecule has 0 aliphatic carbocycles. The number of alkyl halides is 6. The van der Waals surface area contributed by atoms with Crippen molar-refractivity contribution in [1.82, 2.24) is 9.78 Å². The molecule has 27 heavy (non-hydrogen) atoms. The molecule has 12 heteroatoms. The van der Waals surface area contributed by atoms with Crippen molar-refractivity contribution in [3.05, 3.63) is 34.5 Å². The Bertz CT molecular complexity index is 876. The van der Waals surface area contributed by atoms with Gasteiger partial charge in [-0.3, -0.25) is 9.48 Å². The second-order valence-electron chi connectivity index (χ2n) is 5.45. The second kappa shape index (κ2) is 6.95. The molecule has 5 nitrogen and oxygen atoms in total. The molecule has 2 aromatic rings. The summed E-state index contributed by atoms with van der Waals surface area (Å²) < 4.78 is 83.8. The maximum absolute atomic E-state index is 13.1. The molecule has 1 aromatic carbocycles. The Balaban J connectivity index is 2.50. The summed E-state index contributed by atoms with van der Waals surface area (Å²) in [7, 11) is 2.11. The van der Waals surface area contributed by atoms with Crippen molar-refractivity contribution < 1.29 is 35.9 Å². The van der Waals surface area contributed by atoms with E-state index >= 15 is 0 Å². The van der Waals surface area contributed by atoms with Crippen LogP contribution in [0.25, 0.3) is 0 Å². The van der Waals surface area contributed by atoms with Gasteiger partial charge in [0.2, 0.25) is 5.91 Å². The highest BCUT2D eigenvalue weighted by molar-refractivity contribution is 6.32. The molecule has 0 saturated carbocycles. The van der Waals surface area contributed by atoms with Crippen molar-refractivity contribution >= 4 is 23.2 Å². The monoisotopic (exact) mass is 415 g/mol. The van der Waals surface area contributed by atoms with Gasteiger partial charge in [-0.1, -0.05) is 11.6 Å². The highest BCUT2D eigenvalue weighted by Gasteiger charge is 2.40. The summed E-state index contributed by atoms with van der Waals surface area (Å²) in [4.78, 5) is 12.2. The Morgan fingerprint density at radius 3 is 2.22 bits per heavy atom. The van der Waals surface area contributed by atoms with Crippen molar-refractivity contribution in [2.45, 2.75) is 19.3 Å². The van der Waals surface area contributed by atoms with Crippen LogP contribution in [0.15, 0.2) is 18.2 Å². The third-order valence-electron chi connectivity index (χ3n) is 3.55. The number of carbonyl (C=O) groups excluding carboxylic acids is 1. The Morgan fingerprint density at radius 2 is 1.78 bits per heavy atom. The van der Waals surface area contributed by atoms with Crippen molar-refractivity contribution in [1.29, 1.82) is 0 Å². The van der Waals surface area contributed by atoms with Gasteiger partial charge in [0.15, 0.2) is 5.69 Å². The summed E-state index contributed by atoms with van der Waals surface area (Å²) in [6.45, 7) is 1.05. The molecular formula is C15H12ClF6N3O2. The molecule has 1 aromatic heterocycles.